The smallest absolute Gasteiger partial charge is 0.277 e. The largest absolute Gasteiger partial charge is 0.326 e. The number of rotatable bonds is 5. The van der Waals surface area contributed by atoms with E-state index in [0.717, 1.165) is 44.5 Å². The predicted molar refractivity (Wildman–Crippen MR) is 104 cm³/mol. The lowest BCUT2D eigenvalue weighted by molar-refractivity contribution is -0.117. The van der Waals surface area contributed by atoms with Crippen LogP contribution in [0.1, 0.15) is 42.2 Å². The quantitative estimate of drug-likeness (QED) is 0.726. The molecule has 144 valence electrons. The van der Waals surface area contributed by atoms with Crippen LogP contribution >= 0.6 is 12.4 Å². The van der Waals surface area contributed by atoms with E-state index in [1.807, 2.05) is 0 Å². The summed E-state index contributed by atoms with van der Waals surface area (Å²) in [6.45, 7) is 1.91. The summed E-state index contributed by atoms with van der Waals surface area (Å²) in [5, 5.41) is 17.1. The Morgan fingerprint density at radius 2 is 1.63 bits per heavy atom. The topological polar surface area (TPSA) is 101 Å². The van der Waals surface area contributed by atoms with E-state index < -0.39 is 0 Å². The van der Waals surface area contributed by atoms with Crippen molar-refractivity contribution in [2.24, 2.45) is 5.92 Å². The maximum absolute atomic E-state index is 12.4. The molecule has 0 bridgehead atoms. The van der Waals surface area contributed by atoms with Crippen molar-refractivity contribution in [1.82, 2.24) is 20.3 Å². The van der Waals surface area contributed by atoms with Gasteiger partial charge < -0.3 is 16.0 Å². The summed E-state index contributed by atoms with van der Waals surface area (Å²) in [5.41, 5.74) is 1.68. The summed E-state index contributed by atoms with van der Waals surface area (Å²) in [6, 6.07) is 7.37. The van der Waals surface area contributed by atoms with E-state index >= 15 is 0 Å². The van der Waals surface area contributed by atoms with Crippen molar-refractivity contribution < 1.29 is 9.59 Å². The summed E-state index contributed by atoms with van der Waals surface area (Å²) in [4.78, 5) is 24.1. The van der Waals surface area contributed by atoms with Gasteiger partial charge in [0.25, 0.3) is 5.91 Å². The van der Waals surface area contributed by atoms with Gasteiger partial charge >= 0.3 is 0 Å². The average molecular weight is 391 g/mol. The second kappa shape index (κ2) is 8.49. The molecule has 1 aliphatic heterocycles. The lowest BCUT2D eigenvalue weighted by Gasteiger charge is -2.22. The summed E-state index contributed by atoms with van der Waals surface area (Å²) >= 11 is 0. The van der Waals surface area contributed by atoms with Crippen molar-refractivity contribution >= 4 is 35.6 Å². The van der Waals surface area contributed by atoms with Gasteiger partial charge in [-0.2, -0.15) is 0 Å². The molecule has 1 saturated carbocycles. The zero-order valence-electron chi connectivity index (χ0n) is 14.9. The van der Waals surface area contributed by atoms with Gasteiger partial charge in [0.15, 0.2) is 5.69 Å². The Morgan fingerprint density at radius 3 is 2.26 bits per heavy atom. The molecule has 0 spiro atoms. The first kappa shape index (κ1) is 19.3. The molecule has 4 rings (SSSR count). The highest BCUT2D eigenvalue weighted by Crippen LogP contribution is 2.30. The lowest BCUT2D eigenvalue weighted by atomic mass is 10.1. The monoisotopic (exact) mass is 390 g/mol. The normalized spacial score (nSPS) is 17.0. The van der Waals surface area contributed by atoms with Gasteiger partial charge in [0.2, 0.25) is 5.91 Å². The molecule has 3 N–H and O–H groups in total. The van der Waals surface area contributed by atoms with Crippen molar-refractivity contribution in [2.75, 3.05) is 23.7 Å². The first-order chi connectivity index (χ1) is 12.7. The molecule has 1 aromatic heterocycles. The summed E-state index contributed by atoms with van der Waals surface area (Å²) in [5.74, 6) is -0.0619. The van der Waals surface area contributed by atoms with Crippen LogP contribution in [0.5, 0.6) is 0 Å². The second-order valence-corrected chi connectivity index (χ2v) is 6.86. The molecule has 0 unspecified atom stereocenters. The molecule has 1 aromatic carbocycles. The first-order valence-corrected chi connectivity index (χ1v) is 9.04. The van der Waals surface area contributed by atoms with Crippen LogP contribution in [0.3, 0.4) is 0 Å². The SMILES string of the molecule is Cl.O=C(Nc1ccc(NC(=O)C2CC2)cc1)c1cn(C2CCNCC2)nn1. The van der Waals surface area contributed by atoms with Crippen LogP contribution in [-0.2, 0) is 4.79 Å². The van der Waals surface area contributed by atoms with Gasteiger partial charge in [-0.25, -0.2) is 4.68 Å². The van der Waals surface area contributed by atoms with Crippen LogP contribution in [0.25, 0.3) is 0 Å². The van der Waals surface area contributed by atoms with Crippen molar-refractivity contribution in [1.29, 1.82) is 0 Å². The standard InChI is InChI=1S/C18H22N6O2.ClH/c25-17(12-1-2-12)20-13-3-5-14(6-4-13)21-18(26)16-11-24(23-22-16)15-7-9-19-10-8-15;/h3-6,11-12,15,19H,1-2,7-10H2,(H,20,25)(H,21,26);1H. The third-order valence-corrected chi connectivity index (χ3v) is 4.78. The molecule has 8 nitrogen and oxygen atoms in total. The van der Waals surface area contributed by atoms with Crippen molar-refractivity contribution in [2.45, 2.75) is 31.7 Å². The summed E-state index contributed by atoms with van der Waals surface area (Å²) in [6.07, 6.45) is 5.61. The Labute approximate surface area is 163 Å². The number of aromatic nitrogens is 3. The molecule has 2 amide bonds. The molecule has 2 heterocycles. The van der Waals surface area contributed by atoms with Gasteiger partial charge in [-0.1, -0.05) is 5.21 Å². The number of nitrogens with zero attached hydrogens (tertiary/aromatic N) is 3. The summed E-state index contributed by atoms with van der Waals surface area (Å²) < 4.78 is 1.78. The number of hydrogen-bond acceptors (Lipinski definition) is 5. The molecular formula is C18H23ClN6O2. The summed E-state index contributed by atoms with van der Waals surface area (Å²) in [7, 11) is 0. The number of benzene rings is 1. The van der Waals surface area contributed by atoms with E-state index in [1.54, 1.807) is 35.1 Å². The van der Waals surface area contributed by atoms with Crippen molar-refractivity contribution in [3.05, 3.63) is 36.2 Å². The molecule has 1 aliphatic carbocycles. The van der Waals surface area contributed by atoms with E-state index in [4.69, 9.17) is 0 Å². The van der Waals surface area contributed by atoms with E-state index in [1.165, 1.54) is 0 Å². The van der Waals surface area contributed by atoms with Gasteiger partial charge in [-0.15, -0.1) is 17.5 Å². The van der Waals surface area contributed by atoms with E-state index in [2.05, 4.69) is 26.3 Å². The predicted octanol–water partition coefficient (Wildman–Crippen LogP) is 2.23. The highest BCUT2D eigenvalue weighted by molar-refractivity contribution is 6.02. The van der Waals surface area contributed by atoms with Crippen LogP contribution in [0.4, 0.5) is 11.4 Å². The molecule has 2 fully saturated rings. The Morgan fingerprint density at radius 1 is 1.00 bits per heavy atom. The zero-order chi connectivity index (χ0) is 17.9. The molecule has 9 heteroatoms. The second-order valence-electron chi connectivity index (χ2n) is 6.86. The molecular weight excluding hydrogens is 368 g/mol. The van der Waals surface area contributed by atoms with Crippen LogP contribution in [0, 0.1) is 5.92 Å². The van der Waals surface area contributed by atoms with Crippen LogP contribution < -0.4 is 16.0 Å². The number of carbonyl (C=O) groups excluding carboxylic acids is 2. The Balaban J connectivity index is 0.00000210. The van der Waals surface area contributed by atoms with Gasteiger partial charge in [0.05, 0.1) is 12.2 Å². The number of nitrogens with one attached hydrogen (secondary N) is 3. The Kier molecular flexibility index (Phi) is 6.08. The highest BCUT2D eigenvalue weighted by atomic mass is 35.5. The van der Waals surface area contributed by atoms with Gasteiger partial charge in [-0.05, 0) is 63.0 Å². The number of carbonyl (C=O) groups is 2. The van der Waals surface area contributed by atoms with E-state index in [0.29, 0.717) is 17.4 Å². The number of hydrogen-bond donors (Lipinski definition) is 3. The van der Waals surface area contributed by atoms with E-state index in [9.17, 15) is 9.59 Å². The minimum atomic E-state index is -0.292. The van der Waals surface area contributed by atoms with Gasteiger partial charge in [-0.3, -0.25) is 9.59 Å². The van der Waals surface area contributed by atoms with Crippen LogP contribution in [-0.4, -0.2) is 39.9 Å². The fraction of sp³-hybridized carbons (Fsp3) is 0.444. The van der Waals surface area contributed by atoms with Crippen LogP contribution in [0.2, 0.25) is 0 Å². The van der Waals surface area contributed by atoms with Gasteiger partial charge in [0, 0.05) is 17.3 Å². The Hall–Kier alpha value is -2.45. The third-order valence-electron chi connectivity index (χ3n) is 4.78. The first-order valence-electron chi connectivity index (χ1n) is 9.04. The third kappa shape index (κ3) is 4.84. The number of piperidine rings is 1. The van der Waals surface area contributed by atoms with E-state index in [-0.39, 0.29) is 30.1 Å². The average Bonchev–Trinajstić information content (AvgIpc) is 3.41. The maximum Gasteiger partial charge on any atom is 0.277 e. The fourth-order valence-corrected chi connectivity index (χ4v) is 3.05. The number of anilines is 2. The van der Waals surface area contributed by atoms with Crippen molar-refractivity contribution in [3.63, 3.8) is 0 Å². The van der Waals surface area contributed by atoms with Crippen LogP contribution in [0.15, 0.2) is 30.5 Å². The molecule has 1 saturated heterocycles. The van der Waals surface area contributed by atoms with Crippen molar-refractivity contribution in [3.8, 4) is 0 Å². The minimum Gasteiger partial charge on any atom is -0.326 e. The number of halogens is 1. The molecule has 0 radical (unpaired) electrons. The fourth-order valence-electron chi connectivity index (χ4n) is 3.05. The molecule has 2 aromatic rings. The highest BCUT2D eigenvalue weighted by Gasteiger charge is 2.29. The Bertz CT molecular complexity index is 796. The molecule has 27 heavy (non-hydrogen) atoms. The zero-order valence-corrected chi connectivity index (χ0v) is 15.7. The lowest BCUT2D eigenvalue weighted by Crippen LogP contribution is -2.29. The molecule has 0 atom stereocenters. The molecule has 2 aliphatic rings. The maximum atomic E-state index is 12.4. The minimum absolute atomic E-state index is 0. The number of amides is 2. The van der Waals surface area contributed by atoms with Gasteiger partial charge in [0.1, 0.15) is 0 Å².